The van der Waals surface area contributed by atoms with Crippen LogP contribution in [0.2, 0.25) is 0 Å². The zero-order valence-electron chi connectivity index (χ0n) is 11.3. The summed E-state index contributed by atoms with van der Waals surface area (Å²) in [4.78, 5) is 17.5. The number of aliphatic imine (C=N–C) groups is 1. The van der Waals surface area contributed by atoms with Crippen molar-refractivity contribution in [2.24, 2.45) is 4.99 Å². The number of fused-ring (bicyclic) bond motifs is 1. The van der Waals surface area contributed by atoms with E-state index < -0.39 is 11.7 Å². The number of rotatable bonds is 1. The molecule has 6 heteroatoms. The molecule has 22 heavy (non-hydrogen) atoms. The minimum atomic E-state index is -4.43. The molecule has 0 aromatic heterocycles. The van der Waals surface area contributed by atoms with Crippen molar-refractivity contribution >= 4 is 23.5 Å². The molecule has 0 bridgehead atoms. The fourth-order valence-electron chi connectivity index (χ4n) is 2.33. The first-order valence-electron chi connectivity index (χ1n) is 6.56. The van der Waals surface area contributed by atoms with Gasteiger partial charge in [0.05, 0.1) is 11.3 Å². The van der Waals surface area contributed by atoms with Gasteiger partial charge in [-0.15, -0.1) is 0 Å². The number of halogens is 3. The summed E-state index contributed by atoms with van der Waals surface area (Å²) in [5, 5.41) is 0. The third kappa shape index (κ3) is 2.59. The molecule has 0 saturated carbocycles. The van der Waals surface area contributed by atoms with Crippen LogP contribution in [0.15, 0.2) is 53.5 Å². The average Bonchev–Trinajstić information content (AvgIpc) is 2.64. The number of alkyl halides is 3. The van der Waals surface area contributed by atoms with Gasteiger partial charge in [-0.05, 0) is 30.3 Å². The molecule has 1 heterocycles. The van der Waals surface area contributed by atoms with Crippen LogP contribution in [0.3, 0.4) is 0 Å². The number of carbonyl (C=O) groups excluding carboxylic acids is 1. The van der Waals surface area contributed by atoms with Gasteiger partial charge in [-0.2, -0.15) is 13.2 Å². The van der Waals surface area contributed by atoms with Crippen LogP contribution < -0.4 is 4.90 Å². The Morgan fingerprint density at radius 1 is 1.05 bits per heavy atom. The second-order valence-electron chi connectivity index (χ2n) is 4.81. The number of hydrogen-bond acceptors (Lipinski definition) is 2. The van der Waals surface area contributed by atoms with Crippen LogP contribution >= 0.6 is 0 Å². The van der Waals surface area contributed by atoms with Gasteiger partial charge >= 0.3 is 6.18 Å². The third-order valence-corrected chi connectivity index (χ3v) is 3.32. The molecular formula is C16H11F3N2O. The highest BCUT2D eigenvalue weighted by Crippen LogP contribution is 2.35. The summed E-state index contributed by atoms with van der Waals surface area (Å²) in [6.45, 7) is -0.106. The van der Waals surface area contributed by atoms with Gasteiger partial charge in [0.2, 0.25) is 0 Å². The van der Waals surface area contributed by atoms with Crippen molar-refractivity contribution in [1.29, 1.82) is 0 Å². The molecule has 1 aliphatic heterocycles. The van der Waals surface area contributed by atoms with Crippen LogP contribution in [0.4, 0.5) is 24.5 Å². The van der Waals surface area contributed by atoms with E-state index in [1.165, 1.54) is 17.2 Å². The van der Waals surface area contributed by atoms with Crippen LogP contribution in [0.25, 0.3) is 0 Å². The predicted octanol–water partition coefficient (Wildman–Crippen LogP) is 3.80. The van der Waals surface area contributed by atoms with Gasteiger partial charge in [0.25, 0.3) is 5.91 Å². The van der Waals surface area contributed by atoms with E-state index in [9.17, 15) is 18.0 Å². The van der Waals surface area contributed by atoms with E-state index in [0.29, 0.717) is 11.4 Å². The van der Waals surface area contributed by atoms with E-state index >= 15 is 0 Å². The van der Waals surface area contributed by atoms with Crippen molar-refractivity contribution in [2.45, 2.75) is 6.18 Å². The molecule has 0 spiro atoms. The number of carbonyl (C=O) groups is 1. The maximum atomic E-state index is 12.8. The Labute approximate surface area is 124 Å². The Morgan fingerprint density at radius 2 is 1.77 bits per heavy atom. The first-order valence-corrected chi connectivity index (χ1v) is 6.56. The van der Waals surface area contributed by atoms with E-state index in [4.69, 9.17) is 0 Å². The molecule has 0 saturated heterocycles. The van der Waals surface area contributed by atoms with Gasteiger partial charge in [0.15, 0.2) is 0 Å². The Balaban J connectivity index is 2.14. The maximum Gasteiger partial charge on any atom is 0.416 e. The molecule has 0 unspecified atom stereocenters. The largest absolute Gasteiger partial charge is 0.416 e. The molecule has 0 aliphatic carbocycles. The quantitative estimate of drug-likeness (QED) is 0.788. The molecular weight excluding hydrogens is 293 g/mol. The number of hydrogen-bond donors (Lipinski definition) is 0. The smallest absolute Gasteiger partial charge is 0.283 e. The van der Waals surface area contributed by atoms with Crippen LogP contribution in [0, 0.1) is 0 Å². The highest BCUT2D eigenvalue weighted by Gasteiger charge is 2.32. The highest BCUT2D eigenvalue weighted by molar-refractivity contribution is 6.08. The fraction of sp³-hybridized carbons (Fsp3) is 0.125. The van der Waals surface area contributed by atoms with Crippen LogP contribution in [0.5, 0.6) is 0 Å². The van der Waals surface area contributed by atoms with Crippen molar-refractivity contribution < 1.29 is 18.0 Å². The van der Waals surface area contributed by atoms with E-state index in [1.54, 1.807) is 30.3 Å². The lowest BCUT2D eigenvalue weighted by atomic mass is 10.1. The van der Waals surface area contributed by atoms with E-state index in [2.05, 4.69) is 4.99 Å². The first-order chi connectivity index (χ1) is 10.5. The van der Waals surface area contributed by atoms with Crippen molar-refractivity contribution in [3.05, 3.63) is 59.7 Å². The number of para-hydroxylation sites is 1. The molecule has 2 aromatic rings. The Bertz CT molecular complexity index is 739. The second kappa shape index (κ2) is 5.29. The minimum Gasteiger partial charge on any atom is -0.283 e. The zero-order valence-corrected chi connectivity index (χ0v) is 11.3. The second-order valence-corrected chi connectivity index (χ2v) is 4.81. The number of amides is 1. The van der Waals surface area contributed by atoms with Crippen LogP contribution in [-0.2, 0) is 11.0 Å². The first kappa shape index (κ1) is 14.3. The summed E-state index contributed by atoms with van der Waals surface area (Å²) in [5.74, 6) is -0.291. The van der Waals surface area contributed by atoms with E-state index in [-0.39, 0.29) is 18.0 Å². The lowest BCUT2D eigenvalue weighted by molar-refractivity contribution is -0.137. The van der Waals surface area contributed by atoms with Gasteiger partial charge in [0, 0.05) is 17.5 Å². The summed E-state index contributed by atoms with van der Waals surface area (Å²) >= 11 is 0. The molecule has 1 amide bonds. The molecule has 3 nitrogen and oxygen atoms in total. The van der Waals surface area contributed by atoms with Gasteiger partial charge in [0.1, 0.15) is 6.54 Å². The predicted molar refractivity (Wildman–Crippen MR) is 77.5 cm³/mol. The molecule has 0 fully saturated rings. The summed E-state index contributed by atoms with van der Waals surface area (Å²) in [6.07, 6.45) is -3.12. The summed E-state index contributed by atoms with van der Waals surface area (Å²) in [7, 11) is 0. The van der Waals surface area contributed by atoms with Crippen LogP contribution in [0.1, 0.15) is 11.1 Å². The van der Waals surface area contributed by atoms with Gasteiger partial charge < -0.3 is 0 Å². The van der Waals surface area contributed by atoms with E-state index in [0.717, 1.165) is 12.1 Å². The monoisotopic (exact) mass is 304 g/mol. The van der Waals surface area contributed by atoms with Crippen LogP contribution in [-0.4, -0.2) is 18.7 Å². The maximum absolute atomic E-state index is 12.8. The Kier molecular flexibility index (Phi) is 3.44. The zero-order chi connectivity index (χ0) is 15.7. The lowest BCUT2D eigenvalue weighted by Crippen LogP contribution is -2.27. The van der Waals surface area contributed by atoms with Crippen molar-refractivity contribution in [3.63, 3.8) is 0 Å². The number of benzene rings is 2. The number of benzodiazepines with no additional fused rings is 1. The third-order valence-electron chi connectivity index (χ3n) is 3.32. The average molecular weight is 304 g/mol. The molecule has 2 aromatic carbocycles. The van der Waals surface area contributed by atoms with Gasteiger partial charge in [-0.3, -0.25) is 14.7 Å². The molecule has 0 N–H and O–H groups in total. The summed E-state index contributed by atoms with van der Waals surface area (Å²) in [6, 6.07) is 12.1. The standard InChI is InChI=1S/C16H11F3N2O/c17-16(18,19)12-6-7-14-11(8-12)9-20-10-15(22)21(14)13-4-2-1-3-5-13/h1-9H,10H2. The van der Waals surface area contributed by atoms with Gasteiger partial charge in [-0.25, -0.2) is 0 Å². The fourth-order valence-corrected chi connectivity index (χ4v) is 2.33. The molecule has 0 atom stereocenters. The van der Waals surface area contributed by atoms with Crippen molar-refractivity contribution in [3.8, 4) is 0 Å². The van der Waals surface area contributed by atoms with Crippen molar-refractivity contribution in [2.75, 3.05) is 11.4 Å². The summed E-state index contributed by atoms with van der Waals surface area (Å²) < 4.78 is 38.5. The molecule has 3 rings (SSSR count). The molecule has 0 radical (unpaired) electrons. The van der Waals surface area contributed by atoms with E-state index in [1.807, 2.05) is 0 Å². The number of anilines is 2. The lowest BCUT2D eigenvalue weighted by Gasteiger charge is -2.23. The van der Waals surface area contributed by atoms with Gasteiger partial charge in [-0.1, -0.05) is 18.2 Å². The summed E-state index contributed by atoms with van der Waals surface area (Å²) in [5.41, 5.74) is 0.494. The molecule has 1 aliphatic rings. The highest BCUT2D eigenvalue weighted by atomic mass is 19.4. The van der Waals surface area contributed by atoms with Crippen molar-refractivity contribution in [1.82, 2.24) is 0 Å². The minimum absolute atomic E-state index is 0.106. The molecule has 112 valence electrons. The Morgan fingerprint density at radius 3 is 2.45 bits per heavy atom. The normalized spacial score (nSPS) is 14.7. The number of nitrogens with zero attached hydrogens (tertiary/aromatic N) is 2. The topological polar surface area (TPSA) is 32.7 Å². The Hall–Kier alpha value is -2.63. The SMILES string of the molecule is O=C1CN=Cc2cc(C(F)(F)F)ccc2N1c1ccccc1.